The van der Waals surface area contributed by atoms with Crippen LogP contribution in [0.25, 0.3) is 0 Å². The summed E-state index contributed by atoms with van der Waals surface area (Å²) in [5, 5.41) is 2.64. The van der Waals surface area contributed by atoms with E-state index in [-0.39, 0.29) is 5.97 Å². The highest BCUT2D eigenvalue weighted by molar-refractivity contribution is 5.81. The number of unbranched alkanes of at least 4 members (excludes halogenated alkanes) is 10. The number of hydrogen-bond acceptors (Lipinski definition) is 4. The van der Waals surface area contributed by atoms with Crippen LogP contribution in [0.5, 0.6) is 0 Å². The number of ether oxygens (including phenoxy) is 2. The fraction of sp³-hybridized carbons (Fsp3) is 0.909. The molecule has 0 aromatic rings. The van der Waals surface area contributed by atoms with Gasteiger partial charge in [-0.15, -0.1) is 0 Å². The highest BCUT2D eigenvalue weighted by Gasteiger charge is 2.22. The van der Waals surface area contributed by atoms with Gasteiger partial charge in [-0.1, -0.05) is 91.4 Å². The van der Waals surface area contributed by atoms with Gasteiger partial charge < -0.3 is 14.8 Å². The molecule has 0 rings (SSSR count). The molecule has 1 amide bonds. The number of esters is 1. The Bertz CT molecular complexity index is 360. The number of nitrogens with one attached hydrogen (secondary N) is 1. The fourth-order valence-electron chi connectivity index (χ4n) is 2.90. The SMILES string of the molecule is CCCCCCCCCCCCOC(=O)C(CCCC)NC(=O)OCCC. The zero-order valence-corrected chi connectivity index (χ0v) is 18.0. The molecule has 0 saturated carbocycles. The van der Waals surface area contributed by atoms with Crippen molar-refractivity contribution >= 4 is 12.1 Å². The molecule has 5 nitrogen and oxygen atoms in total. The van der Waals surface area contributed by atoms with Crippen LogP contribution in [0.3, 0.4) is 0 Å². The maximum Gasteiger partial charge on any atom is 0.407 e. The summed E-state index contributed by atoms with van der Waals surface area (Å²) in [7, 11) is 0. The number of hydrogen-bond donors (Lipinski definition) is 1. The zero-order valence-electron chi connectivity index (χ0n) is 18.0. The zero-order chi connectivity index (χ0) is 20.2. The van der Waals surface area contributed by atoms with Crippen molar-refractivity contribution in [3.05, 3.63) is 0 Å². The van der Waals surface area contributed by atoms with Crippen LogP contribution in [0.2, 0.25) is 0 Å². The second-order valence-corrected chi connectivity index (χ2v) is 7.32. The van der Waals surface area contributed by atoms with E-state index < -0.39 is 12.1 Å². The molecule has 1 N–H and O–H groups in total. The van der Waals surface area contributed by atoms with E-state index in [9.17, 15) is 9.59 Å². The third-order valence-electron chi connectivity index (χ3n) is 4.60. The molecular formula is C22H43NO4. The first-order valence-electron chi connectivity index (χ1n) is 11.3. The summed E-state index contributed by atoms with van der Waals surface area (Å²) in [6.07, 6.45) is 15.1. The Hall–Kier alpha value is -1.26. The van der Waals surface area contributed by atoms with Gasteiger partial charge in [-0.05, 0) is 19.3 Å². The van der Waals surface area contributed by atoms with E-state index in [1.54, 1.807) is 0 Å². The molecule has 0 fully saturated rings. The van der Waals surface area contributed by atoms with Gasteiger partial charge in [0, 0.05) is 0 Å². The van der Waals surface area contributed by atoms with Crippen LogP contribution in [0.1, 0.15) is 111 Å². The summed E-state index contributed by atoms with van der Waals surface area (Å²) in [6.45, 7) is 7.03. The summed E-state index contributed by atoms with van der Waals surface area (Å²) in [5.41, 5.74) is 0. The Morgan fingerprint density at radius 2 is 1.22 bits per heavy atom. The molecule has 27 heavy (non-hydrogen) atoms. The smallest absolute Gasteiger partial charge is 0.407 e. The van der Waals surface area contributed by atoms with E-state index in [0.717, 1.165) is 32.1 Å². The third kappa shape index (κ3) is 16.6. The van der Waals surface area contributed by atoms with E-state index >= 15 is 0 Å². The molecule has 160 valence electrons. The molecule has 0 spiro atoms. The fourth-order valence-corrected chi connectivity index (χ4v) is 2.90. The quantitative estimate of drug-likeness (QED) is 0.227. The van der Waals surface area contributed by atoms with E-state index in [1.807, 2.05) is 6.92 Å². The standard InChI is InChI=1S/C22H43NO4/c1-4-7-9-10-11-12-13-14-15-16-19-26-21(24)20(17-8-5-2)23-22(25)27-18-6-3/h20H,4-19H2,1-3H3,(H,23,25). The van der Waals surface area contributed by atoms with Crippen LogP contribution in [-0.4, -0.2) is 31.3 Å². The minimum atomic E-state index is -0.600. The first-order valence-corrected chi connectivity index (χ1v) is 11.3. The van der Waals surface area contributed by atoms with E-state index in [1.165, 1.54) is 51.4 Å². The first kappa shape index (κ1) is 25.7. The van der Waals surface area contributed by atoms with Crippen molar-refractivity contribution < 1.29 is 19.1 Å². The minimum absolute atomic E-state index is 0.340. The van der Waals surface area contributed by atoms with Gasteiger partial charge >= 0.3 is 12.1 Å². The van der Waals surface area contributed by atoms with Crippen molar-refractivity contribution in [1.82, 2.24) is 5.32 Å². The lowest BCUT2D eigenvalue weighted by molar-refractivity contribution is -0.146. The predicted molar refractivity (Wildman–Crippen MR) is 111 cm³/mol. The molecule has 0 bridgehead atoms. The predicted octanol–water partition coefficient (Wildman–Crippen LogP) is 6.15. The molecule has 5 heteroatoms. The lowest BCUT2D eigenvalue weighted by atomic mass is 10.1. The summed E-state index contributed by atoms with van der Waals surface area (Å²) in [4.78, 5) is 23.9. The van der Waals surface area contributed by atoms with Crippen LogP contribution in [0.4, 0.5) is 4.79 Å². The average Bonchev–Trinajstić information content (AvgIpc) is 2.67. The molecule has 0 heterocycles. The molecular weight excluding hydrogens is 342 g/mol. The van der Waals surface area contributed by atoms with Crippen molar-refractivity contribution in [3.63, 3.8) is 0 Å². The largest absolute Gasteiger partial charge is 0.464 e. The second kappa shape index (κ2) is 19.5. The molecule has 1 unspecified atom stereocenters. The van der Waals surface area contributed by atoms with Gasteiger partial charge in [-0.2, -0.15) is 0 Å². The molecule has 1 atom stereocenters. The number of rotatable bonds is 18. The number of carbonyl (C=O) groups is 2. The number of carbonyl (C=O) groups excluding carboxylic acids is 2. The van der Waals surface area contributed by atoms with Crippen LogP contribution in [0.15, 0.2) is 0 Å². The van der Waals surface area contributed by atoms with Crippen LogP contribution in [0, 0.1) is 0 Å². The molecule has 0 radical (unpaired) electrons. The molecule has 0 aliphatic heterocycles. The second-order valence-electron chi connectivity index (χ2n) is 7.32. The van der Waals surface area contributed by atoms with Gasteiger partial charge in [-0.3, -0.25) is 0 Å². The molecule has 0 aromatic carbocycles. The molecule has 0 aliphatic carbocycles. The van der Waals surface area contributed by atoms with Crippen LogP contribution >= 0.6 is 0 Å². The van der Waals surface area contributed by atoms with Crippen molar-refractivity contribution in [2.75, 3.05) is 13.2 Å². The Morgan fingerprint density at radius 3 is 1.78 bits per heavy atom. The molecule has 0 aromatic heterocycles. The van der Waals surface area contributed by atoms with Gasteiger partial charge in [0.05, 0.1) is 13.2 Å². The Kier molecular flexibility index (Phi) is 18.6. The van der Waals surface area contributed by atoms with Gasteiger partial charge in [-0.25, -0.2) is 9.59 Å². The van der Waals surface area contributed by atoms with Crippen molar-refractivity contribution in [3.8, 4) is 0 Å². The van der Waals surface area contributed by atoms with E-state index in [4.69, 9.17) is 9.47 Å². The first-order chi connectivity index (χ1) is 13.2. The lowest BCUT2D eigenvalue weighted by Gasteiger charge is -2.17. The summed E-state index contributed by atoms with van der Waals surface area (Å²) >= 11 is 0. The van der Waals surface area contributed by atoms with Crippen LogP contribution in [-0.2, 0) is 14.3 Å². The van der Waals surface area contributed by atoms with Crippen molar-refractivity contribution in [2.45, 2.75) is 117 Å². The Labute approximate surface area is 167 Å². The van der Waals surface area contributed by atoms with Crippen molar-refractivity contribution in [1.29, 1.82) is 0 Å². The van der Waals surface area contributed by atoms with Crippen LogP contribution < -0.4 is 5.32 Å². The molecule has 0 saturated heterocycles. The Balaban J connectivity index is 3.81. The summed E-state index contributed by atoms with van der Waals surface area (Å²) in [5.74, 6) is -0.340. The maximum absolute atomic E-state index is 12.2. The highest BCUT2D eigenvalue weighted by Crippen LogP contribution is 2.11. The monoisotopic (exact) mass is 385 g/mol. The summed E-state index contributed by atoms with van der Waals surface area (Å²) < 4.78 is 10.4. The summed E-state index contributed by atoms with van der Waals surface area (Å²) in [6, 6.07) is -0.600. The van der Waals surface area contributed by atoms with Gasteiger partial charge in [0.1, 0.15) is 6.04 Å². The van der Waals surface area contributed by atoms with Gasteiger partial charge in [0.15, 0.2) is 0 Å². The number of amides is 1. The van der Waals surface area contributed by atoms with E-state index in [2.05, 4.69) is 19.2 Å². The maximum atomic E-state index is 12.2. The number of alkyl carbamates (subject to hydrolysis) is 1. The highest BCUT2D eigenvalue weighted by atomic mass is 16.6. The van der Waals surface area contributed by atoms with E-state index in [0.29, 0.717) is 19.6 Å². The van der Waals surface area contributed by atoms with Crippen molar-refractivity contribution in [2.24, 2.45) is 0 Å². The van der Waals surface area contributed by atoms with Gasteiger partial charge in [0.25, 0.3) is 0 Å². The topological polar surface area (TPSA) is 64.6 Å². The Morgan fingerprint density at radius 1 is 0.667 bits per heavy atom. The normalized spacial score (nSPS) is 11.8. The van der Waals surface area contributed by atoms with Gasteiger partial charge in [0.2, 0.25) is 0 Å². The molecule has 0 aliphatic rings. The lowest BCUT2D eigenvalue weighted by Crippen LogP contribution is -2.42. The minimum Gasteiger partial charge on any atom is -0.464 e. The third-order valence-corrected chi connectivity index (χ3v) is 4.60. The average molecular weight is 386 g/mol.